The highest BCUT2D eigenvalue weighted by atomic mass is 32.1. The number of thiophene rings is 1. The van der Waals surface area contributed by atoms with Crippen LogP contribution in [0.3, 0.4) is 0 Å². The van der Waals surface area contributed by atoms with Crippen molar-refractivity contribution in [1.82, 2.24) is 4.90 Å². The van der Waals surface area contributed by atoms with Crippen molar-refractivity contribution < 1.29 is 19.4 Å². The molecule has 2 aromatic rings. The first-order chi connectivity index (χ1) is 12.9. The third-order valence-corrected chi connectivity index (χ3v) is 5.39. The average molecular weight is 385 g/mol. The van der Waals surface area contributed by atoms with Crippen LogP contribution in [0, 0.1) is 6.92 Å². The van der Waals surface area contributed by atoms with Gasteiger partial charge in [0.25, 0.3) is 11.7 Å². The second-order valence-corrected chi connectivity index (χ2v) is 7.77. The van der Waals surface area contributed by atoms with Crippen molar-refractivity contribution in [3.8, 4) is 0 Å². The Morgan fingerprint density at radius 2 is 1.93 bits per heavy atom. The number of amides is 1. The summed E-state index contributed by atoms with van der Waals surface area (Å²) >= 11 is 1.45. The van der Waals surface area contributed by atoms with E-state index in [0.717, 1.165) is 10.4 Å². The van der Waals surface area contributed by atoms with E-state index in [1.54, 1.807) is 12.1 Å². The van der Waals surface area contributed by atoms with Crippen LogP contribution in [-0.2, 0) is 14.3 Å². The molecule has 1 N–H and O–H groups in total. The smallest absolute Gasteiger partial charge is 0.295 e. The third kappa shape index (κ3) is 3.96. The third-order valence-electron chi connectivity index (χ3n) is 4.46. The molecule has 1 atom stereocenters. The van der Waals surface area contributed by atoms with Gasteiger partial charge in [0.15, 0.2) is 0 Å². The summed E-state index contributed by atoms with van der Waals surface area (Å²) in [7, 11) is 0. The van der Waals surface area contributed by atoms with Gasteiger partial charge in [0.05, 0.1) is 24.3 Å². The molecular weight excluding hydrogens is 362 g/mol. The van der Waals surface area contributed by atoms with Gasteiger partial charge in [-0.25, -0.2) is 0 Å². The Hall–Kier alpha value is -2.44. The minimum absolute atomic E-state index is 0.0366. The fraction of sp³-hybridized carbons (Fsp3) is 0.333. The van der Waals surface area contributed by atoms with Gasteiger partial charge in [-0.05, 0) is 32.2 Å². The van der Waals surface area contributed by atoms with Crippen molar-refractivity contribution in [3.63, 3.8) is 0 Å². The molecule has 0 aliphatic carbocycles. The monoisotopic (exact) mass is 385 g/mol. The number of aliphatic hydroxyl groups excluding tert-OH is 1. The lowest BCUT2D eigenvalue weighted by molar-refractivity contribution is -0.140. The van der Waals surface area contributed by atoms with Gasteiger partial charge in [-0.3, -0.25) is 9.59 Å². The van der Waals surface area contributed by atoms with Crippen LogP contribution >= 0.6 is 11.3 Å². The highest BCUT2D eigenvalue weighted by molar-refractivity contribution is 7.10. The molecule has 2 heterocycles. The largest absolute Gasteiger partial charge is 0.507 e. The van der Waals surface area contributed by atoms with Crippen molar-refractivity contribution >= 4 is 28.8 Å². The zero-order chi connectivity index (χ0) is 19.6. The molecule has 0 spiro atoms. The van der Waals surface area contributed by atoms with E-state index in [1.807, 2.05) is 50.4 Å². The van der Waals surface area contributed by atoms with Crippen LogP contribution in [-0.4, -0.2) is 41.0 Å². The molecule has 1 aliphatic heterocycles. The normalized spacial score (nSPS) is 19.3. The van der Waals surface area contributed by atoms with E-state index in [2.05, 4.69) is 0 Å². The molecule has 5 nitrogen and oxygen atoms in total. The van der Waals surface area contributed by atoms with Gasteiger partial charge < -0.3 is 14.7 Å². The minimum atomic E-state index is -0.656. The second kappa shape index (κ2) is 8.06. The lowest BCUT2D eigenvalue weighted by Crippen LogP contribution is -2.33. The van der Waals surface area contributed by atoms with Crippen LogP contribution in [0.4, 0.5) is 0 Å². The molecule has 1 fully saturated rings. The van der Waals surface area contributed by atoms with Crippen molar-refractivity contribution in [2.75, 3.05) is 13.2 Å². The first-order valence-corrected chi connectivity index (χ1v) is 9.78. The van der Waals surface area contributed by atoms with E-state index in [0.29, 0.717) is 12.2 Å². The predicted octanol–water partition coefficient (Wildman–Crippen LogP) is 3.90. The number of Topliss-reactive ketones (excluding diaryl/α,β-unsaturated/α-hetero) is 1. The first kappa shape index (κ1) is 19.3. The number of hydrogen-bond acceptors (Lipinski definition) is 5. The van der Waals surface area contributed by atoms with Crippen molar-refractivity contribution in [2.24, 2.45) is 0 Å². The molecule has 3 rings (SSSR count). The Balaban J connectivity index is 2.03. The maximum absolute atomic E-state index is 12.8. The molecule has 0 bridgehead atoms. The maximum Gasteiger partial charge on any atom is 0.295 e. The van der Waals surface area contributed by atoms with E-state index in [-0.39, 0.29) is 24.0 Å². The van der Waals surface area contributed by atoms with Gasteiger partial charge in [-0.15, -0.1) is 11.3 Å². The zero-order valence-electron chi connectivity index (χ0n) is 15.6. The van der Waals surface area contributed by atoms with Crippen LogP contribution in [0.5, 0.6) is 0 Å². The molecular formula is C21H23NO4S. The number of benzene rings is 1. The van der Waals surface area contributed by atoms with Gasteiger partial charge >= 0.3 is 0 Å². The van der Waals surface area contributed by atoms with Crippen LogP contribution in [0.1, 0.15) is 35.9 Å². The Kier molecular flexibility index (Phi) is 5.77. The topological polar surface area (TPSA) is 66.8 Å². The molecule has 1 unspecified atom stereocenters. The standard InChI is InChI=1S/C21H23NO4S/c1-13(2)26-11-10-22-18(16-5-4-12-27-16)17(20(24)21(22)25)19(23)15-8-6-14(3)7-9-15/h4-9,12-13,18,23H,10-11H2,1-3H3/b19-17-. The number of aliphatic hydroxyl groups is 1. The van der Waals surface area contributed by atoms with Crippen LogP contribution in [0.2, 0.25) is 0 Å². The summed E-state index contributed by atoms with van der Waals surface area (Å²) in [6, 6.07) is 10.4. The lowest BCUT2D eigenvalue weighted by Gasteiger charge is -2.24. The minimum Gasteiger partial charge on any atom is -0.507 e. The van der Waals surface area contributed by atoms with E-state index < -0.39 is 17.7 Å². The Labute approximate surface area is 162 Å². The molecule has 6 heteroatoms. The fourth-order valence-corrected chi connectivity index (χ4v) is 3.95. The second-order valence-electron chi connectivity index (χ2n) is 6.79. The maximum atomic E-state index is 12.8. The predicted molar refractivity (Wildman–Crippen MR) is 106 cm³/mol. The Morgan fingerprint density at radius 3 is 2.52 bits per heavy atom. The lowest BCUT2D eigenvalue weighted by atomic mass is 9.99. The number of nitrogens with zero attached hydrogens (tertiary/aromatic N) is 1. The van der Waals surface area contributed by atoms with Gasteiger partial charge in [-0.2, -0.15) is 0 Å². The number of ketones is 1. The summed E-state index contributed by atoms with van der Waals surface area (Å²) in [5.74, 6) is -1.40. The number of likely N-dealkylation sites (tertiary alicyclic amines) is 1. The van der Waals surface area contributed by atoms with Crippen molar-refractivity contribution in [1.29, 1.82) is 0 Å². The number of ether oxygens (including phenoxy) is 1. The molecule has 1 amide bonds. The van der Waals surface area contributed by atoms with Crippen LogP contribution in [0.15, 0.2) is 47.4 Å². The molecule has 1 saturated heterocycles. The summed E-state index contributed by atoms with van der Waals surface area (Å²) in [5, 5.41) is 12.7. The molecule has 1 aromatic heterocycles. The zero-order valence-corrected chi connectivity index (χ0v) is 16.5. The molecule has 0 saturated carbocycles. The summed E-state index contributed by atoms with van der Waals surface area (Å²) in [4.78, 5) is 27.8. The number of carbonyl (C=O) groups is 2. The molecule has 1 aromatic carbocycles. The summed E-state index contributed by atoms with van der Waals surface area (Å²) in [6.07, 6.45) is 0.0366. The number of hydrogen-bond donors (Lipinski definition) is 1. The van der Waals surface area contributed by atoms with Gasteiger partial charge in [-0.1, -0.05) is 35.9 Å². The van der Waals surface area contributed by atoms with E-state index >= 15 is 0 Å². The highest BCUT2D eigenvalue weighted by Gasteiger charge is 2.46. The summed E-state index contributed by atoms with van der Waals surface area (Å²) in [5.41, 5.74) is 1.71. The van der Waals surface area contributed by atoms with Crippen molar-refractivity contribution in [2.45, 2.75) is 32.9 Å². The van der Waals surface area contributed by atoms with Gasteiger partial charge in [0, 0.05) is 17.0 Å². The average Bonchev–Trinajstić information content (AvgIpc) is 3.24. The van der Waals surface area contributed by atoms with Crippen LogP contribution in [0.25, 0.3) is 5.76 Å². The van der Waals surface area contributed by atoms with E-state index in [1.165, 1.54) is 16.2 Å². The molecule has 1 aliphatic rings. The number of aryl methyl sites for hydroxylation is 1. The number of rotatable bonds is 6. The molecule has 0 radical (unpaired) electrons. The van der Waals surface area contributed by atoms with Gasteiger partial charge in [0.1, 0.15) is 5.76 Å². The van der Waals surface area contributed by atoms with Crippen LogP contribution < -0.4 is 0 Å². The first-order valence-electron chi connectivity index (χ1n) is 8.90. The summed E-state index contributed by atoms with van der Waals surface area (Å²) in [6.45, 7) is 6.40. The fourth-order valence-electron chi connectivity index (χ4n) is 3.11. The Morgan fingerprint density at radius 1 is 1.22 bits per heavy atom. The summed E-state index contributed by atoms with van der Waals surface area (Å²) < 4.78 is 5.57. The van der Waals surface area contributed by atoms with Crippen molar-refractivity contribution in [3.05, 3.63) is 63.4 Å². The SMILES string of the molecule is Cc1ccc(/C(O)=C2/C(=O)C(=O)N(CCOC(C)C)C2c2cccs2)cc1. The molecule has 27 heavy (non-hydrogen) atoms. The Bertz CT molecular complexity index is 853. The highest BCUT2D eigenvalue weighted by Crippen LogP contribution is 2.40. The number of carbonyl (C=O) groups excluding carboxylic acids is 2. The van der Waals surface area contributed by atoms with E-state index in [9.17, 15) is 14.7 Å². The van der Waals surface area contributed by atoms with Gasteiger partial charge in [0.2, 0.25) is 0 Å². The molecule has 142 valence electrons. The van der Waals surface area contributed by atoms with E-state index in [4.69, 9.17) is 4.74 Å². The quantitative estimate of drug-likeness (QED) is 0.465.